The summed E-state index contributed by atoms with van der Waals surface area (Å²) in [7, 11) is -1.94. The van der Waals surface area contributed by atoms with Gasteiger partial charge in [0.05, 0.1) is 31.2 Å². The molecule has 0 fully saturated rings. The first kappa shape index (κ1) is 21.8. The minimum atomic E-state index is -4.41. The SMILES string of the molecule is COC(=O)c1ccccc1S(=O)(=O)NC(=O)Nc1nc(OC)c2nc(C)c(C)nc2n1. The molecule has 12 nitrogen and oxygen atoms in total. The lowest BCUT2D eigenvalue weighted by Gasteiger charge is -2.11. The lowest BCUT2D eigenvalue weighted by atomic mass is 10.2. The van der Waals surface area contributed by atoms with Crippen LogP contribution in [0.15, 0.2) is 29.2 Å². The van der Waals surface area contributed by atoms with Gasteiger partial charge in [0.1, 0.15) is 4.90 Å². The third-order valence-corrected chi connectivity index (χ3v) is 5.53. The first-order valence-corrected chi connectivity index (χ1v) is 10.2. The van der Waals surface area contributed by atoms with Crippen molar-refractivity contribution in [3.8, 4) is 5.88 Å². The van der Waals surface area contributed by atoms with Crippen molar-refractivity contribution >= 4 is 39.1 Å². The third-order valence-electron chi connectivity index (χ3n) is 4.14. The summed E-state index contributed by atoms with van der Waals surface area (Å²) in [5.74, 6) is -1.07. The van der Waals surface area contributed by atoms with Crippen LogP contribution in [0.5, 0.6) is 5.88 Å². The molecule has 0 saturated heterocycles. The Balaban J connectivity index is 1.90. The molecule has 2 amide bonds. The monoisotopic (exact) mass is 446 g/mol. The van der Waals surface area contributed by atoms with Gasteiger partial charge in [-0.05, 0) is 26.0 Å². The second-order valence-electron chi connectivity index (χ2n) is 6.17. The Bertz CT molecular complexity index is 1290. The van der Waals surface area contributed by atoms with Crippen LogP contribution in [0.1, 0.15) is 21.7 Å². The molecule has 1 aromatic carbocycles. The van der Waals surface area contributed by atoms with E-state index in [1.165, 1.54) is 25.3 Å². The molecule has 0 aliphatic carbocycles. The molecule has 3 rings (SSSR count). The number of urea groups is 1. The van der Waals surface area contributed by atoms with Crippen LogP contribution in [-0.4, -0.2) is 54.6 Å². The lowest BCUT2D eigenvalue weighted by Crippen LogP contribution is -2.35. The van der Waals surface area contributed by atoms with Crippen LogP contribution in [0.25, 0.3) is 11.2 Å². The van der Waals surface area contributed by atoms with E-state index in [1.807, 2.05) is 0 Å². The molecule has 0 bridgehead atoms. The number of nitrogens with zero attached hydrogens (tertiary/aromatic N) is 4. The molecule has 0 radical (unpaired) electrons. The predicted octanol–water partition coefficient (Wildman–Crippen LogP) is 1.34. The molecule has 162 valence electrons. The zero-order chi connectivity index (χ0) is 22.8. The molecule has 13 heteroatoms. The maximum absolute atomic E-state index is 12.6. The van der Waals surface area contributed by atoms with Gasteiger partial charge in [0.2, 0.25) is 11.8 Å². The van der Waals surface area contributed by atoms with Crippen molar-refractivity contribution in [2.75, 3.05) is 19.5 Å². The second kappa shape index (κ2) is 8.47. The molecule has 2 heterocycles. The number of nitrogens with one attached hydrogen (secondary N) is 2. The molecule has 0 aliphatic heterocycles. The van der Waals surface area contributed by atoms with Crippen molar-refractivity contribution < 1.29 is 27.5 Å². The average Bonchev–Trinajstić information content (AvgIpc) is 2.73. The minimum Gasteiger partial charge on any atom is -0.479 e. The average molecular weight is 446 g/mol. The van der Waals surface area contributed by atoms with E-state index >= 15 is 0 Å². The number of aromatic nitrogens is 4. The Morgan fingerprint density at radius 1 is 0.968 bits per heavy atom. The summed E-state index contributed by atoms with van der Waals surface area (Å²) >= 11 is 0. The van der Waals surface area contributed by atoms with Gasteiger partial charge in [-0.25, -0.2) is 32.7 Å². The maximum atomic E-state index is 12.6. The van der Waals surface area contributed by atoms with Crippen LogP contribution in [0, 0.1) is 13.8 Å². The van der Waals surface area contributed by atoms with Crippen molar-refractivity contribution in [1.82, 2.24) is 24.7 Å². The number of ether oxygens (including phenoxy) is 2. The number of esters is 1. The Kier molecular flexibility index (Phi) is 5.97. The van der Waals surface area contributed by atoms with E-state index in [-0.39, 0.29) is 28.6 Å². The first-order chi connectivity index (χ1) is 14.7. The Hall–Kier alpha value is -3.87. The number of hydrogen-bond donors (Lipinski definition) is 2. The molecule has 3 aromatic rings. The van der Waals surface area contributed by atoms with Gasteiger partial charge in [0.15, 0.2) is 11.2 Å². The number of anilines is 1. The van der Waals surface area contributed by atoms with Crippen LogP contribution < -0.4 is 14.8 Å². The molecule has 31 heavy (non-hydrogen) atoms. The number of rotatable bonds is 5. The highest BCUT2D eigenvalue weighted by Crippen LogP contribution is 2.22. The molecule has 0 unspecified atom stereocenters. The van der Waals surface area contributed by atoms with Crippen molar-refractivity contribution in [2.45, 2.75) is 18.7 Å². The predicted molar refractivity (Wildman–Crippen MR) is 108 cm³/mol. The molecule has 0 aliphatic rings. The Morgan fingerprint density at radius 3 is 2.32 bits per heavy atom. The number of methoxy groups -OCH3 is 2. The summed E-state index contributed by atoms with van der Waals surface area (Å²) < 4.78 is 36.8. The fourth-order valence-electron chi connectivity index (χ4n) is 2.57. The van der Waals surface area contributed by atoms with E-state index in [1.54, 1.807) is 18.6 Å². The van der Waals surface area contributed by atoms with E-state index in [0.717, 1.165) is 13.2 Å². The van der Waals surface area contributed by atoms with Crippen LogP contribution in [0.3, 0.4) is 0 Å². The number of fused-ring (bicyclic) bond motifs is 1. The number of carbonyl (C=O) groups is 2. The largest absolute Gasteiger partial charge is 0.479 e. The minimum absolute atomic E-state index is 0.0507. The van der Waals surface area contributed by atoms with E-state index in [2.05, 4.69) is 30.0 Å². The fourth-order valence-corrected chi connectivity index (χ4v) is 3.67. The fraction of sp³-hybridized carbons (Fsp3) is 0.222. The van der Waals surface area contributed by atoms with Gasteiger partial charge >= 0.3 is 12.0 Å². The quantitative estimate of drug-likeness (QED) is 0.547. The highest BCUT2D eigenvalue weighted by molar-refractivity contribution is 7.90. The van der Waals surface area contributed by atoms with E-state index < -0.39 is 26.9 Å². The summed E-state index contributed by atoms with van der Waals surface area (Å²) in [5.41, 5.74) is 1.49. The summed E-state index contributed by atoms with van der Waals surface area (Å²) in [6.45, 7) is 3.50. The zero-order valence-corrected chi connectivity index (χ0v) is 17.8. The summed E-state index contributed by atoms with van der Waals surface area (Å²) in [4.78, 5) is 40.4. The van der Waals surface area contributed by atoms with Gasteiger partial charge in [-0.2, -0.15) is 9.97 Å². The van der Waals surface area contributed by atoms with E-state index in [0.29, 0.717) is 11.4 Å². The van der Waals surface area contributed by atoms with Gasteiger partial charge < -0.3 is 9.47 Å². The van der Waals surface area contributed by atoms with Gasteiger partial charge in [-0.1, -0.05) is 12.1 Å². The van der Waals surface area contributed by atoms with Crippen LogP contribution in [-0.2, 0) is 14.8 Å². The molecule has 2 aromatic heterocycles. The number of hydrogen-bond acceptors (Lipinski definition) is 10. The van der Waals surface area contributed by atoms with Crippen molar-refractivity contribution in [2.24, 2.45) is 0 Å². The lowest BCUT2D eigenvalue weighted by molar-refractivity contribution is 0.0596. The van der Waals surface area contributed by atoms with Crippen LogP contribution >= 0.6 is 0 Å². The summed E-state index contributed by atoms with van der Waals surface area (Å²) in [6.07, 6.45) is 0. The van der Waals surface area contributed by atoms with E-state index in [4.69, 9.17) is 4.74 Å². The number of benzene rings is 1. The molecule has 0 atom stereocenters. The second-order valence-corrected chi connectivity index (χ2v) is 7.82. The molecule has 0 spiro atoms. The van der Waals surface area contributed by atoms with Crippen LogP contribution in [0.2, 0.25) is 0 Å². The maximum Gasteiger partial charge on any atom is 0.339 e. The number of amides is 2. The summed E-state index contributed by atoms with van der Waals surface area (Å²) in [5, 5.41) is 2.22. The van der Waals surface area contributed by atoms with Crippen LogP contribution in [0.4, 0.5) is 10.7 Å². The third kappa shape index (κ3) is 4.50. The Labute approximate surface area is 177 Å². The highest BCUT2D eigenvalue weighted by Gasteiger charge is 2.25. The van der Waals surface area contributed by atoms with Crippen molar-refractivity contribution in [1.29, 1.82) is 0 Å². The van der Waals surface area contributed by atoms with Crippen molar-refractivity contribution in [3.05, 3.63) is 41.2 Å². The standard InChI is InChI=1S/C18H18N6O6S/c1-9-10(2)20-14-13(19-9)15(29-3)22-17(21-14)23-18(26)24-31(27,28)12-8-6-5-7-11(12)16(25)30-4/h5-8H,1-4H3,(H2,20,21,22,23,24,26). The molecular weight excluding hydrogens is 428 g/mol. The van der Waals surface area contributed by atoms with Gasteiger partial charge in [-0.3, -0.25) is 5.32 Å². The summed E-state index contributed by atoms with van der Waals surface area (Å²) in [6, 6.07) is 4.14. The number of sulfonamides is 1. The van der Waals surface area contributed by atoms with Gasteiger partial charge in [0.25, 0.3) is 10.0 Å². The van der Waals surface area contributed by atoms with Crippen molar-refractivity contribution in [3.63, 3.8) is 0 Å². The zero-order valence-electron chi connectivity index (χ0n) is 17.0. The van der Waals surface area contributed by atoms with Gasteiger partial charge in [-0.15, -0.1) is 0 Å². The molecule has 0 saturated carbocycles. The van der Waals surface area contributed by atoms with Gasteiger partial charge in [0, 0.05) is 0 Å². The smallest absolute Gasteiger partial charge is 0.339 e. The highest BCUT2D eigenvalue weighted by atomic mass is 32.2. The normalized spacial score (nSPS) is 11.1. The first-order valence-electron chi connectivity index (χ1n) is 8.74. The Morgan fingerprint density at radius 2 is 1.65 bits per heavy atom. The molecular formula is C18H18N6O6S. The number of carbonyl (C=O) groups excluding carboxylic acids is 2. The van der Waals surface area contributed by atoms with E-state index in [9.17, 15) is 18.0 Å². The topological polar surface area (TPSA) is 162 Å². The number of aryl methyl sites for hydroxylation is 2. The molecule has 2 N–H and O–H groups in total.